The molecule has 6 heteroatoms. The maximum atomic E-state index is 12.8. The molecule has 1 saturated heterocycles. The van der Waals surface area contributed by atoms with Crippen LogP contribution in [0.25, 0.3) is 10.2 Å². The minimum absolute atomic E-state index is 0.151. The average molecular weight is 410 g/mol. The Morgan fingerprint density at radius 3 is 2.97 bits per heavy atom. The summed E-state index contributed by atoms with van der Waals surface area (Å²) in [5.74, 6) is 1.38. The van der Waals surface area contributed by atoms with Crippen molar-refractivity contribution in [2.45, 2.75) is 25.3 Å². The number of para-hydroxylation sites is 1. The summed E-state index contributed by atoms with van der Waals surface area (Å²) in [6.07, 6.45) is 2.25. The summed E-state index contributed by atoms with van der Waals surface area (Å²) in [5, 5.41) is 1.20. The van der Waals surface area contributed by atoms with Crippen LogP contribution in [0.4, 0.5) is 0 Å². The Hall–Kier alpha value is -2.44. The van der Waals surface area contributed by atoms with Gasteiger partial charge in [-0.25, -0.2) is 4.98 Å². The third-order valence-corrected chi connectivity index (χ3v) is 6.70. The fourth-order valence-electron chi connectivity index (χ4n) is 3.91. The van der Waals surface area contributed by atoms with Crippen molar-refractivity contribution in [3.8, 4) is 5.75 Å². The van der Waals surface area contributed by atoms with Gasteiger partial charge in [-0.1, -0.05) is 24.3 Å². The quantitative estimate of drug-likeness (QED) is 0.614. The van der Waals surface area contributed by atoms with Crippen LogP contribution in [0.2, 0.25) is 0 Å². The Balaban J connectivity index is 1.36. The molecule has 4 rings (SSSR count). The lowest BCUT2D eigenvalue weighted by atomic mass is 9.98. The zero-order valence-corrected chi connectivity index (χ0v) is 17.8. The van der Waals surface area contributed by atoms with E-state index in [0.717, 1.165) is 42.8 Å². The van der Waals surface area contributed by atoms with Crippen molar-refractivity contribution in [1.29, 1.82) is 0 Å². The second-order valence-electron chi connectivity index (χ2n) is 7.70. The van der Waals surface area contributed by atoms with Crippen molar-refractivity contribution in [3.05, 3.63) is 59.1 Å². The summed E-state index contributed by atoms with van der Waals surface area (Å²) in [6, 6.07) is 16.2. The molecule has 1 fully saturated rings. The summed E-state index contributed by atoms with van der Waals surface area (Å²) in [5.41, 5.74) is 2.16. The van der Waals surface area contributed by atoms with Gasteiger partial charge in [-0.3, -0.25) is 9.69 Å². The summed E-state index contributed by atoms with van der Waals surface area (Å²) in [6.45, 7) is 2.92. The predicted octanol–water partition coefficient (Wildman–Crippen LogP) is 4.14. The molecule has 5 nitrogen and oxygen atoms in total. The van der Waals surface area contributed by atoms with Gasteiger partial charge in [0.05, 0.1) is 28.9 Å². The van der Waals surface area contributed by atoms with Gasteiger partial charge < -0.3 is 9.64 Å². The molecule has 0 aliphatic carbocycles. The van der Waals surface area contributed by atoms with Crippen LogP contribution in [0.15, 0.2) is 48.5 Å². The number of carbonyl (C=O) groups is 1. The molecule has 1 aromatic heterocycles. The lowest BCUT2D eigenvalue weighted by molar-refractivity contribution is -0.131. The number of likely N-dealkylation sites (N-methyl/N-ethyl adjacent to an activating group) is 1. The van der Waals surface area contributed by atoms with E-state index < -0.39 is 0 Å². The van der Waals surface area contributed by atoms with Crippen molar-refractivity contribution >= 4 is 27.5 Å². The van der Waals surface area contributed by atoms with Crippen LogP contribution in [0.5, 0.6) is 5.75 Å². The highest BCUT2D eigenvalue weighted by Gasteiger charge is 2.26. The SMILES string of the molecule is COc1cccc(CN(C)C(=O)CN2CCC[C@@H](c3nc4ccccc4s3)C2)c1. The van der Waals surface area contributed by atoms with Gasteiger partial charge in [-0.2, -0.15) is 0 Å². The fraction of sp³-hybridized carbons (Fsp3) is 0.391. The summed E-state index contributed by atoms with van der Waals surface area (Å²) >= 11 is 1.79. The van der Waals surface area contributed by atoms with E-state index in [4.69, 9.17) is 9.72 Å². The van der Waals surface area contributed by atoms with Gasteiger partial charge in [0.1, 0.15) is 5.75 Å². The van der Waals surface area contributed by atoms with Crippen LogP contribution in [-0.4, -0.2) is 54.5 Å². The molecule has 1 aliphatic heterocycles. The number of fused-ring (bicyclic) bond motifs is 1. The maximum absolute atomic E-state index is 12.8. The molecule has 0 bridgehead atoms. The molecule has 0 spiro atoms. The first kappa shape index (κ1) is 19.9. The molecule has 0 saturated carbocycles. The maximum Gasteiger partial charge on any atom is 0.236 e. The van der Waals surface area contributed by atoms with E-state index in [-0.39, 0.29) is 5.91 Å². The van der Waals surface area contributed by atoms with Crippen molar-refractivity contribution in [2.75, 3.05) is 33.8 Å². The third-order valence-electron chi connectivity index (χ3n) is 5.50. The fourth-order valence-corrected chi connectivity index (χ4v) is 5.00. The molecule has 1 aliphatic rings. The van der Waals surface area contributed by atoms with Gasteiger partial charge in [0, 0.05) is 26.1 Å². The Morgan fingerprint density at radius 2 is 2.14 bits per heavy atom. The zero-order chi connectivity index (χ0) is 20.2. The lowest BCUT2D eigenvalue weighted by Crippen LogP contribution is -2.42. The van der Waals surface area contributed by atoms with Crippen LogP contribution >= 0.6 is 11.3 Å². The van der Waals surface area contributed by atoms with Gasteiger partial charge in [0.15, 0.2) is 0 Å². The highest BCUT2D eigenvalue weighted by molar-refractivity contribution is 7.18. The van der Waals surface area contributed by atoms with E-state index in [1.807, 2.05) is 37.4 Å². The largest absolute Gasteiger partial charge is 0.497 e. The lowest BCUT2D eigenvalue weighted by Gasteiger charge is -2.32. The van der Waals surface area contributed by atoms with Gasteiger partial charge in [-0.15, -0.1) is 11.3 Å². The number of thiazole rings is 1. The van der Waals surface area contributed by atoms with Crippen molar-refractivity contribution in [1.82, 2.24) is 14.8 Å². The van der Waals surface area contributed by atoms with Crippen molar-refractivity contribution in [3.63, 3.8) is 0 Å². The van der Waals surface area contributed by atoms with Crippen LogP contribution < -0.4 is 4.74 Å². The molecule has 0 N–H and O–H groups in total. The van der Waals surface area contributed by atoms with Gasteiger partial charge in [0.2, 0.25) is 5.91 Å². The van der Waals surface area contributed by atoms with Gasteiger partial charge in [0.25, 0.3) is 0 Å². The Morgan fingerprint density at radius 1 is 1.28 bits per heavy atom. The van der Waals surface area contributed by atoms with Crippen molar-refractivity contribution in [2.24, 2.45) is 0 Å². The number of benzene rings is 2. The number of hydrogen-bond donors (Lipinski definition) is 0. The number of hydrogen-bond acceptors (Lipinski definition) is 5. The summed E-state index contributed by atoms with van der Waals surface area (Å²) < 4.78 is 6.52. The number of rotatable bonds is 6. The topological polar surface area (TPSA) is 45.7 Å². The molecular formula is C23H27N3O2S. The van der Waals surface area contributed by atoms with E-state index >= 15 is 0 Å². The molecule has 1 amide bonds. The first-order valence-electron chi connectivity index (χ1n) is 10.1. The number of methoxy groups -OCH3 is 1. The minimum atomic E-state index is 0.151. The second kappa shape index (κ2) is 8.93. The summed E-state index contributed by atoms with van der Waals surface area (Å²) in [7, 11) is 3.53. The number of piperidine rings is 1. The number of carbonyl (C=O) groups excluding carboxylic acids is 1. The van der Waals surface area contributed by atoms with E-state index in [1.165, 1.54) is 9.71 Å². The second-order valence-corrected chi connectivity index (χ2v) is 8.76. The average Bonchev–Trinajstić information content (AvgIpc) is 3.18. The van der Waals surface area contributed by atoms with Crippen molar-refractivity contribution < 1.29 is 9.53 Å². The van der Waals surface area contributed by atoms with Crippen LogP contribution in [-0.2, 0) is 11.3 Å². The number of amides is 1. The Kier molecular flexibility index (Phi) is 6.11. The number of aromatic nitrogens is 1. The van der Waals surface area contributed by atoms with Gasteiger partial charge >= 0.3 is 0 Å². The number of likely N-dealkylation sites (tertiary alicyclic amines) is 1. The molecule has 2 aromatic carbocycles. The first-order valence-corrected chi connectivity index (χ1v) is 10.9. The third kappa shape index (κ3) is 4.77. The van der Waals surface area contributed by atoms with E-state index in [0.29, 0.717) is 19.0 Å². The highest BCUT2D eigenvalue weighted by atomic mass is 32.1. The van der Waals surface area contributed by atoms with E-state index in [2.05, 4.69) is 23.1 Å². The van der Waals surface area contributed by atoms with Crippen LogP contribution in [0.1, 0.15) is 29.3 Å². The van der Waals surface area contributed by atoms with E-state index in [1.54, 1.807) is 23.3 Å². The number of ether oxygens (including phenoxy) is 1. The number of nitrogens with zero attached hydrogens (tertiary/aromatic N) is 3. The molecule has 2 heterocycles. The van der Waals surface area contributed by atoms with E-state index in [9.17, 15) is 4.79 Å². The Bertz CT molecular complexity index is 954. The monoisotopic (exact) mass is 409 g/mol. The van der Waals surface area contributed by atoms with Crippen LogP contribution in [0.3, 0.4) is 0 Å². The normalized spacial score (nSPS) is 17.4. The smallest absolute Gasteiger partial charge is 0.236 e. The highest BCUT2D eigenvalue weighted by Crippen LogP contribution is 2.32. The zero-order valence-electron chi connectivity index (χ0n) is 17.0. The molecular weight excluding hydrogens is 382 g/mol. The molecule has 1 atom stereocenters. The molecule has 3 aromatic rings. The Labute approximate surface area is 175 Å². The molecule has 152 valence electrons. The molecule has 0 radical (unpaired) electrons. The van der Waals surface area contributed by atoms with Crippen LogP contribution in [0, 0.1) is 0 Å². The standard InChI is InChI=1S/C23H27N3O2S/c1-25(14-17-7-5-9-19(13-17)28-2)22(27)16-26-12-6-8-18(15-26)23-24-20-10-3-4-11-21(20)29-23/h3-5,7,9-11,13,18H,6,8,12,14-16H2,1-2H3/t18-/m1/s1. The van der Waals surface area contributed by atoms with Gasteiger partial charge in [-0.05, 0) is 49.2 Å². The summed E-state index contributed by atoms with van der Waals surface area (Å²) in [4.78, 5) is 21.7. The minimum Gasteiger partial charge on any atom is -0.497 e. The molecule has 0 unspecified atom stereocenters. The molecule has 29 heavy (non-hydrogen) atoms. The first-order chi connectivity index (χ1) is 14.1. The predicted molar refractivity (Wildman–Crippen MR) is 118 cm³/mol.